The SMILES string of the molecule is CCCCCc1nc2sc3c(c2c(=O)o1)CCC3. The quantitative estimate of drug-likeness (QED) is 0.793. The maximum Gasteiger partial charge on any atom is 0.348 e. The summed E-state index contributed by atoms with van der Waals surface area (Å²) < 4.78 is 5.36. The zero-order valence-corrected chi connectivity index (χ0v) is 11.4. The molecule has 0 aromatic carbocycles. The van der Waals surface area contributed by atoms with Crippen LogP contribution in [0.2, 0.25) is 0 Å². The fourth-order valence-electron chi connectivity index (χ4n) is 2.61. The van der Waals surface area contributed by atoms with Crippen LogP contribution in [-0.4, -0.2) is 4.98 Å². The van der Waals surface area contributed by atoms with Gasteiger partial charge in [0.2, 0.25) is 0 Å². The minimum Gasteiger partial charge on any atom is -0.408 e. The Morgan fingerprint density at radius 1 is 1.33 bits per heavy atom. The van der Waals surface area contributed by atoms with Crippen molar-refractivity contribution in [3.05, 3.63) is 26.8 Å². The highest BCUT2D eigenvalue weighted by Crippen LogP contribution is 2.34. The Kier molecular flexibility index (Phi) is 3.20. The van der Waals surface area contributed by atoms with E-state index in [4.69, 9.17) is 4.42 Å². The molecular weight excluding hydrogens is 246 g/mol. The van der Waals surface area contributed by atoms with Crippen LogP contribution in [0.5, 0.6) is 0 Å². The molecule has 0 bridgehead atoms. The molecule has 0 radical (unpaired) electrons. The predicted molar refractivity (Wildman–Crippen MR) is 73.4 cm³/mol. The zero-order valence-electron chi connectivity index (χ0n) is 10.6. The summed E-state index contributed by atoms with van der Waals surface area (Å²) >= 11 is 1.68. The van der Waals surface area contributed by atoms with E-state index in [1.165, 1.54) is 16.9 Å². The van der Waals surface area contributed by atoms with Gasteiger partial charge in [-0.05, 0) is 31.2 Å². The summed E-state index contributed by atoms with van der Waals surface area (Å²) in [7, 11) is 0. The Morgan fingerprint density at radius 3 is 3.06 bits per heavy atom. The molecule has 3 nitrogen and oxygen atoms in total. The lowest BCUT2D eigenvalue weighted by Gasteiger charge is -1.99. The molecule has 4 heteroatoms. The Morgan fingerprint density at radius 2 is 2.22 bits per heavy atom. The second-order valence-corrected chi connectivity index (χ2v) is 5.97. The number of nitrogens with zero attached hydrogens (tertiary/aromatic N) is 1. The molecule has 0 N–H and O–H groups in total. The van der Waals surface area contributed by atoms with Crippen LogP contribution in [0.4, 0.5) is 0 Å². The molecule has 2 aromatic rings. The summed E-state index contributed by atoms with van der Waals surface area (Å²) in [6.07, 6.45) is 7.42. The first-order chi connectivity index (χ1) is 8.79. The van der Waals surface area contributed by atoms with Crippen LogP contribution in [0, 0.1) is 0 Å². The molecule has 0 aliphatic heterocycles. The fourth-order valence-corrected chi connectivity index (χ4v) is 3.87. The molecule has 1 aliphatic rings. The average Bonchev–Trinajstić information content (AvgIpc) is 2.88. The second kappa shape index (κ2) is 4.84. The van der Waals surface area contributed by atoms with Gasteiger partial charge in [0.1, 0.15) is 10.2 Å². The maximum absolute atomic E-state index is 12.1. The zero-order chi connectivity index (χ0) is 12.5. The van der Waals surface area contributed by atoms with E-state index in [2.05, 4.69) is 11.9 Å². The lowest BCUT2D eigenvalue weighted by molar-refractivity contribution is 0.436. The molecule has 2 aromatic heterocycles. The smallest absolute Gasteiger partial charge is 0.348 e. The van der Waals surface area contributed by atoms with Gasteiger partial charge < -0.3 is 4.42 Å². The van der Waals surface area contributed by atoms with Gasteiger partial charge in [0, 0.05) is 11.3 Å². The van der Waals surface area contributed by atoms with Crippen LogP contribution < -0.4 is 5.63 Å². The van der Waals surface area contributed by atoms with Crippen molar-refractivity contribution in [3.63, 3.8) is 0 Å². The van der Waals surface area contributed by atoms with E-state index in [1.54, 1.807) is 11.3 Å². The van der Waals surface area contributed by atoms with Crippen molar-refractivity contribution in [2.75, 3.05) is 0 Å². The van der Waals surface area contributed by atoms with Crippen LogP contribution in [0.25, 0.3) is 10.2 Å². The number of hydrogen-bond donors (Lipinski definition) is 0. The average molecular weight is 263 g/mol. The Bertz CT molecular complexity index is 626. The van der Waals surface area contributed by atoms with Crippen molar-refractivity contribution in [2.24, 2.45) is 0 Å². The van der Waals surface area contributed by atoms with Gasteiger partial charge in [-0.25, -0.2) is 9.78 Å². The lowest BCUT2D eigenvalue weighted by atomic mass is 10.2. The summed E-state index contributed by atoms with van der Waals surface area (Å²) in [6, 6.07) is 0. The highest BCUT2D eigenvalue weighted by atomic mass is 32.1. The lowest BCUT2D eigenvalue weighted by Crippen LogP contribution is -2.05. The molecule has 0 fully saturated rings. The van der Waals surface area contributed by atoms with Crippen LogP contribution >= 0.6 is 11.3 Å². The van der Waals surface area contributed by atoms with Gasteiger partial charge in [-0.3, -0.25) is 0 Å². The van der Waals surface area contributed by atoms with E-state index in [1.807, 2.05) is 0 Å². The molecule has 1 aliphatic carbocycles. The van der Waals surface area contributed by atoms with Crippen molar-refractivity contribution in [3.8, 4) is 0 Å². The first-order valence-corrected chi connectivity index (χ1v) is 7.55. The van der Waals surface area contributed by atoms with E-state index in [9.17, 15) is 4.79 Å². The van der Waals surface area contributed by atoms with E-state index >= 15 is 0 Å². The highest BCUT2D eigenvalue weighted by Gasteiger charge is 2.21. The van der Waals surface area contributed by atoms with Crippen LogP contribution in [0.3, 0.4) is 0 Å². The van der Waals surface area contributed by atoms with Gasteiger partial charge in [0.05, 0.1) is 0 Å². The molecule has 0 amide bonds. The normalized spacial score (nSPS) is 14.3. The third-order valence-corrected chi connectivity index (χ3v) is 4.72. The number of rotatable bonds is 4. The van der Waals surface area contributed by atoms with E-state index in [0.29, 0.717) is 5.89 Å². The molecule has 0 unspecified atom stereocenters. The Hall–Kier alpha value is -1.16. The van der Waals surface area contributed by atoms with E-state index < -0.39 is 0 Å². The minimum atomic E-state index is -0.175. The van der Waals surface area contributed by atoms with Crippen molar-refractivity contribution in [1.82, 2.24) is 4.98 Å². The first-order valence-electron chi connectivity index (χ1n) is 6.74. The fraction of sp³-hybridized carbons (Fsp3) is 0.571. The van der Waals surface area contributed by atoms with Crippen molar-refractivity contribution in [1.29, 1.82) is 0 Å². The van der Waals surface area contributed by atoms with Gasteiger partial charge >= 0.3 is 5.63 Å². The molecule has 0 spiro atoms. The van der Waals surface area contributed by atoms with Crippen molar-refractivity contribution in [2.45, 2.75) is 51.9 Å². The van der Waals surface area contributed by atoms with Gasteiger partial charge in [-0.1, -0.05) is 19.8 Å². The second-order valence-electron chi connectivity index (χ2n) is 4.89. The van der Waals surface area contributed by atoms with Crippen LogP contribution in [0.1, 0.15) is 48.9 Å². The summed E-state index contributed by atoms with van der Waals surface area (Å²) in [5, 5.41) is 0.756. The molecule has 3 rings (SSSR count). The number of aromatic nitrogens is 1. The van der Waals surface area contributed by atoms with Gasteiger partial charge in [-0.15, -0.1) is 11.3 Å². The number of thiophene rings is 1. The summed E-state index contributed by atoms with van der Waals surface area (Å²) in [6.45, 7) is 2.16. The standard InChI is InChI=1S/C14H17NO2S/c1-2-3-4-8-11-15-13-12(14(16)17-11)9-6-5-7-10(9)18-13/h2-8H2,1H3. The number of unbranched alkanes of at least 4 members (excludes halogenated alkanes) is 2. The van der Waals surface area contributed by atoms with Gasteiger partial charge in [0.15, 0.2) is 5.89 Å². The summed E-state index contributed by atoms with van der Waals surface area (Å²) in [5.41, 5.74) is 1.03. The first kappa shape index (κ1) is 11.9. The van der Waals surface area contributed by atoms with Gasteiger partial charge in [-0.2, -0.15) is 0 Å². The predicted octanol–water partition coefficient (Wildman–Crippen LogP) is 3.47. The largest absolute Gasteiger partial charge is 0.408 e. The van der Waals surface area contributed by atoms with Crippen LogP contribution in [0.15, 0.2) is 9.21 Å². The van der Waals surface area contributed by atoms with E-state index in [-0.39, 0.29) is 5.63 Å². The molecule has 0 atom stereocenters. The molecule has 0 saturated heterocycles. The Balaban J connectivity index is 1.98. The van der Waals surface area contributed by atoms with Crippen LogP contribution in [-0.2, 0) is 19.3 Å². The molecule has 0 saturated carbocycles. The third-order valence-electron chi connectivity index (χ3n) is 3.54. The molecular formula is C14H17NO2S. The molecule has 18 heavy (non-hydrogen) atoms. The number of aryl methyl sites for hydroxylation is 3. The van der Waals surface area contributed by atoms with Crippen molar-refractivity contribution >= 4 is 21.6 Å². The van der Waals surface area contributed by atoms with E-state index in [0.717, 1.165) is 48.7 Å². The monoisotopic (exact) mass is 263 g/mol. The maximum atomic E-state index is 12.1. The summed E-state index contributed by atoms with van der Waals surface area (Å²) in [5.74, 6) is 0.612. The highest BCUT2D eigenvalue weighted by molar-refractivity contribution is 7.18. The van der Waals surface area contributed by atoms with Crippen molar-refractivity contribution < 1.29 is 4.42 Å². The third kappa shape index (κ3) is 1.99. The van der Waals surface area contributed by atoms with Gasteiger partial charge in [0.25, 0.3) is 0 Å². The Labute approximate surface area is 110 Å². The molecule has 96 valence electrons. The minimum absolute atomic E-state index is 0.175. The number of fused-ring (bicyclic) bond motifs is 3. The topological polar surface area (TPSA) is 43.1 Å². The number of hydrogen-bond acceptors (Lipinski definition) is 4. The molecule has 2 heterocycles. The summed E-state index contributed by atoms with van der Waals surface area (Å²) in [4.78, 5) is 18.8.